The third-order valence-corrected chi connectivity index (χ3v) is 3.64. The Morgan fingerprint density at radius 2 is 1.96 bits per heavy atom. The van der Waals surface area contributed by atoms with Crippen LogP contribution in [-0.2, 0) is 13.1 Å². The van der Waals surface area contributed by atoms with E-state index in [0.717, 1.165) is 11.5 Å². The Hall–Kier alpha value is -2.11. The van der Waals surface area contributed by atoms with Crippen LogP contribution in [0.5, 0.6) is 11.5 Å². The van der Waals surface area contributed by atoms with Crippen LogP contribution in [-0.4, -0.2) is 31.7 Å². The molecule has 2 aromatic rings. The Bertz CT molecular complexity index is 749. The van der Waals surface area contributed by atoms with E-state index in [2.05, 4.69) is 25.3 Å². The van der Waals surface area contributed by atoms with Crippen molar-refractivity contribution in [3.8, 4) is 11.5 Å². The Balaban J connectivity index is 0.00000364. The number of aromatic nitrogens is 1. The van der Waals surface area contributed by atoms with Gasteiger partial charge < -0.3 is 24.5 Å². The number of rotatable bonds is 7. The van der Waals surface area contributed by atoms with Gasteiger partial charge in [0.1, 0.15) is 17.3 Å². The van der Waals surface area contributed by atoms with Gasteiger partial charge in [0, 0.05) is 25.2 Å². The zero-order valence-electron chi connectivity index (χ0n) is 15.5. The van der Waals surface area contributed by atoms with Gasteiger partial charge in [0.25, 0.3) is 0 Å². The fourth-order valence-electron chi connectivity index (χ4n) is 2.19. The second-order valence-corrected chi connectivity index (χ2v) is 5.38. The summed E-state index contributed by atoms with van der Waals surface area (Å²) < 4.78 is 40.3. The summed E-state index contributed by atoms with van der Waals surface area (Å²) in [5.41, 5.74) is 1.37. The molecular formula is C17H23F2IN4O3. The largest absolute Gasteiger partial charge is 0.497 e. The van der Waals surface area contributed by atoms with Crippen LogP contribution in [0.15, 0.2) is 27.6 Å². The molecule has 0 radical (unpaired) electrons. The average molecular weight is 496 g/mol. The quantitative estimate of drug-likeness (QED) is 0.348. The van der Waals surface area contributed by atoms with Crippen LogP contribution in [0, 0.1) is 13.8 Å². The van der Waals surface area contributed by atoms with Gasteiger partial charge in [-0.15, -0.1) is 24.0 Å². The fraction of sp³-hybridized carbons (Fsp3) is 0.412. The summed E-state index contributed by atoms with van der Waals surface area (Å²) in [6.07, 6.45) is 0. The highest BCUT2D eigenvalue weighted by molar-refractivity contribution is 14.0. The number of benzene rings is 1. The second kappa shape index (κ2) is 10.9. The topological polar surface area (TPSA) is 80.9 Å². The van der Waals surface area contributed by atoms with Gasteiger partial charge in [-0.25, -0.2) is 4.98 Å². The predicted octanol–water partition coefficient (Wildman–Crippen LogP) is 3.38. The number of nitrogens with one attached hydrogen (secondary N) is 2. The highest BCUT2D eigenvalue weighted by Gasteiger charge is 2.12. The highest BCUT2D eigenvalue weighted by Crippen LogP contribution is 2.26. The van der Waals surface area contributed by atoms with Crippen LogP contribution in [0.25, 0.3) is 0 Å². The van der Waals surface area contributed by atoms with Crippen molar-refractivity contribution in [2.75, 3.05) is 14.2 Å². The van der Waals surface area contributed by atoms with E-state index in [1.165, 1.54) is 13.2 Å². The normalized spacial score (nSPS) is 11.1. The first kappa shape index (κ1) is 22.9. The summed E-state index contributed by atoms with van der Waals surface area (Å²) in [6, 6.07) is 4.74. The molecule has 150 valence electrons. The lowest BCUT2D eigenvalue weighted by Crippen LogP contribution is -2.36. The minimum Gasteiger partial charge on any atom is -0.497 e. The second-order valence-electron chi connectivity index (χ2n) is 5.38. The molecule has 0 spiro atoms. The molecule has 7 nitrogen and oxygen atoms in total. The number of hydrogen-bond donors (Lipinski definition) is 2. The Labute approximate surface area is 173 Å². The van der Waals surface area contributed by atoms with Crippen molar-refractivity contribution in [3.63, 3.8) is 0 Å². The van der Waals surface area contributed by atoms with Crippen LogP contribution >= 0.6 is 24.0 Å². The van der Waals surface area contributed by atoms with Crippen molar-refractivity contribution in [3.05, 3.63) is 41.1 Å². The summed E-state index contributed by atoms with van der Waals surface area (Å²) in [5.74, 6) is 2.24. The molecule has 0 atom stereocenters. The third kappa shape index (κ3) is 6.85. The maximum absolute atomic E-state index is 12.6. The van der Waals surface area contributed by atoms with Crippen molar-refractivity contribution >= 4 is 29.9 Å². The van der Waals surface area contributed by atoms with Gasteiger partial charge in [-0.2, -0.15) is 8.78 Å². The number of ether oxygens (including phenoxy) is 2. The molecule has 0 aliphatic heterocycles. The molecule has 0 aliphatic rings. The van der Waals surface area contributed by atoms with Crippen LogP contribution < -0.4 is 20.1 Å². The average Bonchev–Trinajstić information content (AvgIpc) is 2.93. The first-order valence-corrected chi connectivity index (χ1v) is 7.92. The molecule has 1 aromatic heterocycles. The fourth-order valence-corrected chi connectivity index (χ4v) is 2.19. The smallest absolute Gasteiger partial charge is 0.387 e. The Morgan fingerprint density at radius 1 is 1.26 bits per heavy atom. The molecule has 0 aliphatic carbocycles. The van der Waals surface area contributed by atoms with Crippen LogP contribution in [0.3, 0.4) is 0 Å². The third-order valence-electron chi connectivity index (χ3n) is 3.64. The maximum Gasteiger partial charge on any atom is 0.387 e. The number of hydrogen-bond acceptors (Lipinski definition) is 5. The molecule has 1 aromatic carbocycles. The lowest BCUT2D eigenvalue weighted by Gasteiger charge is -2.15. The van der Waals surface area contributed by atoms with Gasteiger partial charge in [0.05, 0.1) is 19.3 Å². The SMILES string of the molecule is CN=C(NCc1nc(C)c(C)o1)NCc1ccc(OC)cc1OC(F)F.I. The monoisotopic (exact) mass is 496 g/mol. The number of alkyl halides is 2. The van der Waals surface area contributed by atoms with Crippen LogP contribution in [0.1, 0.15) is 22.9 Å². The summed E-state index contributed by atoms with van der Waals surface area (Å²) in [7, 11) is 3.06. The summed E-state index contributed by atoms with van der Waals surface area (Å²) in [4.78, 5) is 8.35. The molecule has 27 heavy (non-hydrogen) atoms. The van der Waals surface area contributed by atoms with Gasteiger partial charge >= 0.3 is 6.61 Å². The Kier molecular flexibility index (Phi) is 9.26. The first-order valence-electron chi connectivity index (χ1n) is 7.92. The van der Waals surface area contributed by atoms with Crippen molar-refractivity contribution in [1.82, 2.24) is 15.6 Å². The van der Waals surface area contributed by atoms with E-state index in [4.69, 9.17) is 9.15 Å². The number of guanidine groups is 1. The molecule has 2 N–H and O–H groups in total. The molecule has 0 saturated heterocycles. The van der Waals surface area contributed by atoms with Gasteiger partial charge in [0.2, 0.25) is 5.89 Å². The summed E-state index contributed by atoms with van der Waals surface area (Å²) >= 11 is 0. The van der Waals surface area contributed by atoms with Crippen molar-refractivity contribution in [1.29, 1.82) is 0 Å². The van der Waals surface area contributed by atoms with E-state index < -0.39 is 6.61 Å². The number of nitrogens with zero attached hydrogens (tertiary/aromatic N) is 2. The van der Waals surface area contributed by atoms with E-state index in [-0.39, 0.29) is 36.3 Å². The number of halogens is 3. The predicted molar refractivity (Wildman–Crippen MR) is 108 cm³/mol. The Morgan fingerprint density at radius 3 is 2.52 bits per heavy atom. The molecule has 0 amide bonds. The zero-order valence-corrected chi connectivity index (χ0v) is 17.8. The molecule has 0 unspecified atom stereocenters. The van der Waals surface area contributed by atoms with E-state index in [9.17, 15) is 8.78 Å². The van der Waals surface area contributed by atoms with Crippen molar-refractivity contribution in [2.45, 2.75) is 33.5 Å². The van der Waals surface area contributed by atoms with Gasteiger partial charge in [-0.3, -0.25) is 4.99 Å². The molecule has 0 saturated carbocycles. The molecule has 10 heteroatoms. The van der Waals surface area contributed by atoms with E-state index in [0.29, 0.717) is 29.7 Å². The zero-order chi connectivity index (χ0) is 19.1. The first-order chi connectivity index (χ1) is 12.4. The van der Waals surface area contributed by atoms with Crippen molar-refractivity contribution in [2.24, 2.45) is 4.99 Å². The molecule has 1 heterocycles. The number of aryl methyl sites for hydroxylation is 2. The van der Waals surface area contributed by atoms with Crippen molar-refractivity contribution < 1.29 is 22.7 Å². The molecule has 0 fully saturated rings. The van der Waals surface area contributed by atoms with Crippen LogP contribution in [0.4, 0.5) is 8.78 Å². The van der Waals surface area contributed by atoms with Gasteiger partial charge in [-0.1, -0.05) is 0 Å². The summed E-state index contributed by atoms with van der Waals surface area (Å²) in [5, 5.41) is 6.08. The van der Waals surface area contributed by atoms with E-state index >= 15 is 0 Å². The minimum absolute atomic E-state index is 0. The number of methoxy groups -OCH3 is 1. The molecular weight excluding hydrogens is 473 g/mol. The maximum atomic E-state index is 12.6. The lowest BCUT2D eigenvalue weighted by molar-refractivity contribution is -0.0505. The standard InChI is InChI=1S/C17H22F2N4O3.HI/c1-10-11(2)25-15(23-10)9-22-17(20-3)21-8-12-5-6-13(24-4)7-14(12)26-16(18)19;/h5-7,16H,8-9H2,1-4H3,(H2,20,21,22);1H. The van der Waals surface area contributed by atoms with E-state index in [1.54, 1.807) is 19.2 Å². The van der Waals surface area contributed by atoms with Gasteiger partial charge in [0.15, 0.2) is 5.96 Å². The number of oxazole rings is 1. The van der Waals surface area contributed by atoms with Gasteiger partial charge in [-0.05, 0) is 26.0 Å². The lowest BCUT2D eigenvalue weighted by atomic mass is 10.2. The summed E-state index contributed by atoms with van der Waals surface area (Å²) in [6.45, 7) is 1.36. The van der Waals surface area contributed by atoms with E-state index in [1.807, 2.05) is 13.8 Å². The highest BCUT2D eigenvalue weighted by atomic mass is 127. The number of aliphatic imine (C=N–C) groups is 1. The van der Waals surface area contributed by atoms with Crippen LogP contribution in [0.2, 0.25) is 0 Å². The minimum atomic E-state index is -2.92. The molecule has 2 rings (SSSR count). The molecule has 0 bridgehead atoms.